The highest BCUT2D eigenvalue weighted by atomic mass is 79.9. The van der Waals surface area contributed by atoms with Crippen LogP contribution in [0.2, 0.25) is 5.15 Å². The van der Waals surface area contributed by atoms with Crippen LogP contribution >= 0.6 is 27.5 Å². The zero-order valence-corrected chi connectivity index (χ0v) is 10.8. The van der Waals surface area contributed by atoms with Gasteiger partial charge in [0.05, 0.1) is 11.0 Å². The van der Waals surface area contributed by atoms with E-state index in [1.54, 1.807) is 0 Å². The lowest BCUT2D eigenvalue weighted by Gasteiger charge is -2.21. The zero-order chi connectivity index (χ0) is 11.5. The molecule has 0 aromatic carbocycles. The molecule has 0 saturated carbocycles. The first-order valence-corrected chi connectivity index (χ1v) is 6.03. The van der Waals surface area contributed by atoms with Gasteiger partial charge in [0, 0.05) is 13.1 Å². The minimum Gasteiger partial charge on any atom is -0.354 e. The van der Waals surface area contributed by atoms with E-state index in [-0.39, 0.29) is 5.91 Å². The van der Waals surface area contributed by atoms with Crippen molar-refractivity contribution >= 4 is 39.3 Å². The van der Waals surface area contributed by atoms with E-state index in [2.05, 4.69) is 31.2 Å². The largest absolute Gasteiger partial charge is 0.354 e. The van der Waals surface area contributed by atoms with Gasteiger partial charge in [0.2, 0.25) is 5.91 Å². The molecular formula is C9H10BrClN4O. The lowest BCUT2D eigenvalue weighted by atomic mass is 10.4. The average Bonchev–Trinajstić information content (AvgIpc) is 2.47. The molecule has 1 saturated heterocycles. The van der Waals surface area contributed by atoms with Crippen LogP contribution in [0.4, 0.5) is 5.82 Å². The molecule has 1 fully saturated rings. The Hall–Kier alpha value is -0.880. The van der Waals surface area contributed by atoms with Crippen LogP contribution in [0.3, 0.4) is 0 Å². The molecule has 86 valence electrons. The number of hydrogen-bond donors (Lipinski definition) is 1. The minimum atomic E-state index is -0.000801. The Morgan fingerprint density at radius 3 is 3.12 bits per heavy atom. The van der Waals surface area contributed by atoms with E-state index in [4.69, 9.17) is 11.6 Å². The maximum Gasteiger partial charge on any atom is 0.239 e. The van der Waals surface area contributed by atoms with Gasteiger partial charge in [-0.2, -0.15) is 0 Å². The van der Waals surface area contributed by atoms with Gasteiger partial charge < -0.3 is 10.2 Å². The SMILES string of the molecule is O=C1CN(c2ncnc(Cl)c2Br)CCCN1. The summed E-state index contributed by atoms with van der Waals surface area (Å²) in [5.74, 6) is 0.663. The molecule has 0 bridgehead atoms. The van der Waals surface area contributed by atoms with Crippen LogP contribution in [0.25, 0.3) is 0 Å². The third kappa shape index (κ3) is 2.44. The van der Waals surface area contributed by atoms with Crippen LogP contribution in [-0.2, 0) is 4.79 Å². The molecular weight excluding hydrogens is 295 g/mol. The Morgan fingerprint density at radius 2 is 2.31 bits per heavy atom. The number of hydrogen-bond acceptors (Lipinski definition) is 4. The summed E-state index contributed by atoms with van der Waals surface area (Å²) in [4.78, 5) is 21.3. The van der Waals surface area contributed by atoms with Crippen LogP contribution in [0.5, 0.6) is 0 Å². The molecule has 0 spiro atoms. The number of amides is 1. The summed E-state index contributed by atoms with van der Waals surface area (Å²) in [5.41, 5.74) is 0. The monoisotopic (exact) mass is 304 g/mol. The van der Waals surface area contributed by atoms with Crippen molar-refractivity contribution in [1.82, 2.24) is 15.3 Å². The first-order valence-electron chi connectivity index (χ1n) is 4.86. The Balaban J connectivity index is 2.28. The quantitative estimate of drug-likeness (QED) is 0.793. The Kier molecular flexibility index (Phi) is 3.60. The van der Waals surface area contributed by atoms with Crippen molar-refractivity contribution in [1.29, 1.82) is 0 Å². The number of halogens is 2. The van der Waals surface area contributed by atoms with E-state index in [1.165, 1.54) is 6.33 Å². The number of carbonyl (C=O) groups excluding carboxylic acids is 1. The van der Waals surface area contributed by atoms with Crippen LogP contribution in [0, 0.1) is 0 Å². The summed E-state index contributed by atoms with van der Waals surface area (Å²) in [5, 5.41) is 3.16. The fourth-order valence-electron chi connectivity index (χ4n) is 1.55. The summed E-state index contributed by atoms with van der Waals surface area (Å²) in [6.07, 6.45) is 2.28. The lowest BCUT2D eigenvalue weighted by Crippen LogP contribution is -2.33. The van der Waals surface area contributed by atoms with E-state index in [0.29, 0.717) is 28.5 Å². The first-order chi connectivity index (χ1) is 7.68. The van der Waals surface area contributed by atoms with E-state index < -0.39 is 0 Å². The van der Waals surface area contributed by atoms with E-state index >= 15 is 0 Å². The van der Waals surface area contributed by atoms with Gasteiger partial charge in [0.25, 0.3) is 0 Å². The summed E-state index contributed by atoms with van der Waals surface area (Å²) < 4.78 is 0.631. The van der Waals surface area contributed by atoms with Crippen LogP contribution < -0.4 is 10.2 Å². The highest BCUT2D eigenvalue weighted by Crippen LogP contribution is 2.29. The molecule has 1 amide bonds. The Morgan fingerprint density at radius 1 is 1.50 bits per heavy atom. The minimum absolute atomic E-state index is 0.000801. The second-order valence-electron chi connectivity index (χ2n) is 3.43. The number of carbonyl (C=O) groups is 1. The van der Waals surface area contributed by atoms with Crippen molar-refractivity contribution in [2.24, 2.45) is 0 Å². The molecule has 2 rings (SSSR count). The third-order valence-corrected chi connectivity index (χ3v) is 3.53. The summed E-state index contributed by atoms with van der Waals surface area (Å²) >= 11 is 9.22. The van der Waals surface area contributed by atoms with Gasteiger partial charge >= 0.3 is 0 Å². The maximum atomic E-state index is 11.4. The Labute approximate surface area is 106 Å². The molecule has 5 nitrogen and oxygen atoms in total. The van der Waals surface area contributed by atoms with Crippen molar-refractivity contribution in [3.63, 3.8) is 0 Å². The van der Waals surface area contributed by atoms with Crippen molar-refractivity contribution in [3.8, 4) is 0 Å². The molecule has 2 heterocycles. The molecule has 0 radical (unpaired) electrons. The van der Waals surface area contributed by atoms with Gasteiger partial charge in [-0.05, 0) is 22.4 Å². The molecule has 1 N–H and O–H groups in total. The second-order valence-corrected chi connectivity index (χ2v) is 4.58. The summed E-state index contributed by atoms with van der Waals surface area (Å²) in [7, 11) is 0. The number of anilines is 1. The smallest absolute Gasteiger partial charge is 0.239 e. The number of nitrogens with zero attached hydrogens (tertiary/aromatic N) is 3. The second kappa shape index (κ2) is 4.97. The number of nitrogens with one attached hydrogen (secondary N) is 1. The van der Waals surface area contributed by atoms with Gasteiger partial charge in [0.1, 0.15) is 17.3 Å². The molecule has 0 aliphatic carbocycles. The lowest BCUT2D eigenvalue weighted by molar-refractivity contribution is -0.119. The van der Waals surface area contributed by atoms with E-state index in [9.17, 15) is 4.79 Å². The molecule has 1 aliphatic heterocycles. The predicted molar refractivity (Wildman–Crippen MR) is 64.6 cm³/mol. The van der Waals surface area contributed by atoms with Crippen LogP contribution in [0.15, 0.2) is 10.8 Å². The van der Waals surface area contributed by atoms with Gasteiger partial charge in [-0.15, -0.1) is 0 Å². The Bertz CT molecular complexity index is 414. The molecule has 1 aromatic rings. The van der Waals surface area contributed by atoms with Crippen molar-refractivity contribution in [2.45, 2.75) is 6.42 Å². The van der Waals surface area contributed by atoms with Gasteiger partial charge in [-0.25, -0.2) is 9.97 Å². The topological polar surface area (TPSA) is 58.1 Å². The average molecular weight is 306 g/mol. The van der Waals surface area contributed by atoms with Gasteiger partial charge in [-0.3, -0.25) is 4.79 Å². The molecule has 1 aliphatic rings. The molecule has 16 heavy (non-hydrogen) atoms. The summed E-state index contributed by atoms with van der Waals surface area (Å²) in [6.45, 7) is 1.77. The number of rotatable bonds is 1. The number of aromatic nitrogens is 2. The third-order valence-electron chi connectivity index (χ3n) is 2.29. The predicted octanol–water partition coefficient (Wildman–Crippen LogP) is 1.22. The van der Waals surface area contributed by atoms with Gasteiger partial charge in [-0.1, -0.05) is 11.6 Å². The van der Waals surface area contributed by atoms with Crippen molar-refractivity contribution in [3.05, 3.63) is 16.0 Å². The fraction of sp³-hybridized carbons (Fsp3) is 0.444. The maximum absolute atomic E-state index is 11.4. The van der Waals surface area contributed by atoms with Crippen LogP contribution in [0.1, 0.15) is 6.42 Å². The highest BCUT2D eigenvalue weighted by Gasteiger charge is 2.19. The summed E-state index contributed by atoms with van der Waals surface area (Å²) in [6, 6.07) is 0. The van der Waals surface area contributed by atoms with Crippen molar-refractivity contribution in [2.75, 3.05) is 24.5 Å². The fourth-order valence-corrected chi connectivity index (χ4v) is 2.13. The molecule has 1 aromatic heterocycles. The molecule has 0 unspecified atom stereocenters. The molecule has 0 atom stereocenters. The van der Waals surface area contributed by atoms with Gasteiger partial charge in [0.15, 0.2) is 0 Å². The molecule has 7 heteroatoms. The van der Waals surface area contributed by atoms with E-state index in [1.807, 2.05) is 4.90 Å². The standard InChI is InChI=1S/C9H10BrClN4O/c10-7-8(11)13-5-14-9(7)15-3-1-2-12-6(16)4-15/h5H,1-4H2,(H,12,16). The van der Waals surface area contributed by atoms with Crippen LogP contribution in [-0.4, -0.2) is 35.5 Å². The highest BCUT2D eigenvalue weighted by molar-refractivity contribution is 9.10. The normalized spacial score (nSPS) is 16.9. The van der Waals surface area contributed by atoms with Crippen molar-refractivity contribution < 1.29 is 4.79 Å². The zero-order valence-electron chi connectivity index (χ0n) is 8.41. The van der Waals surface area contributed by atoms with E-state index in [0.717, 1.165) is 13.0 Å². The first kappa shape index (κ1) is 11.6.